The first-order valence-corrected chi connectivity index (χ1v) is 11.5. The van der Waals surface area contributed by atoms with E-state index in [0.717, 1.165) is 13.3 Å². The SMILES string of the molecule is CC(F)(F)C1CCC(=NOc2nc3oc(=O)cc(CCC4CCCCC4)c3c(=O)[nH]2)CC1. The highest BCUT2D eigenvalue weighted by molar-refractivity contribution is 5.84. The fourth-order valence-electron chi connectivity index (χ4n) is 4.86. The molecule has 2 aromatic heterocycles. The molecule has 1 N–H and O–H groups in total. The molecule has 2 saturated carbocycles. The summed E-state index contributed by atoms with van der Waals surface area (Å²) in [5, 5.41) is 4.24. The number of oxime groups is 1. The van der Waals surface area contributed by atoms with E-state index in [1.54, 1.807) is 0 Å². The molecule has 32 heavy (non-hydrogen) atoms. The molecule has 7 nitrogen and oxygen atoms in total. The molecule has 0 unspecified atom stereocenters. The van der Waals surface area contributed by atoms with Crippen molar-refractivity contribution in [1.29, 1.82) is 0 Å². The van der Waals surface area contributed by atoms with Crippen LogP contribution >= 0.6 is 0 Å². The maximum Gasteiger partial charge on any atom is 0.337 e. The van der Waals surface area contributed by atoms with Crippen LogP contribution in [0.15, 0.2) is 25.2 Å². The Balaban J connectivity index is 1.49. The molecule has 2 aliphatic carbocycles. The van der Waals surface area contributed by atoms with Crippen LogP contribution in [0.2, 0.25) is 0 Å². The lowest BCUT2D eigenvalue weighted by Crippen LogP contribution is -2.29. The van der Waals surface area contributed by atoms with Crippen LogP contribution in [0.1, 0.15) is 76.7 Å². The zero-order chi connectivity index (χ0) is 22.7. The van der Waals surface area contributed by atoms with E-state index < -0.39 is 23.0 Å². The second-order valence-electron chi connectivity index (χ2n) is 9.16. The molecule has 2 aliphatic rings. The smallest absolute Gasteiger partial charge is 0.337 e. The van der Waals surface area contributed by atoms with Gasteiger partial charge >= 0.3 is 11.6 Å². The number of fused-ring (bicyclic) bond motifs is 1. The van der Waals surface area contributed by atoms with Gasteiger partial charge in [0.2, 0.25) is 11.6 Å². The average molecular weight is 449 g/mol. The highest BCUT2D eigenvalue weighted by atomic mass is 19.3. The van der Waals surface area contributed by atoms with Gasteiger partial charge in [0.25, 0.3) is 5.56 Å². The van der Waals surface area contributed by atoms with E-state index in [2.05, 4.69) is 15.1 Å². The molecule has 0 spiro atoms. The number of hydrogen-bond acceptors (Lipinski definition) is 6. The summed E-state index contributed by atoms with van der Waals surface area (Å²) in [5.74, 6) is -2.76. The van der Waals surface area contributed by atoms with Crippen LogP contribution in [0.4, 0.5) is 8.78 Å². The van der Waals surface area contributed by atoms with Gasteiger partial charge in [-0.2, -0.15) is 4.98 Å². The summed E-state index contributed by atoms with van der Waals surface area (Å²) in [4.78, 5) is 36.7. The highest BCUT2D eigenvalue weighted by Gasteiger charge is 2.36. The van der Waals surface area contributed by atoms with Crippen LogP contribution in [0.3, 0.4) is 0 Å². The normalized spacial score (nSPS) is 20.5. The summed E-state index contributed by atoms with van der Waals surface area (Å²) in [6.45, 7) is 0.942. The van der Waals surface area contributed by atoms with Crippen molar-refractivity contribution in [3.05, 3.63) is 32.4 Å². The highest BCUT2D eigenvalue weighted by Crippen LogP contribution is 2.35. The summed E-state index contributed by atoms with van der Waals surface area (Å²) in [7, 11) is 0. The van der Waals surface area contributed by atoms with E-state index in [4.69, 9.17) is 9.25 Å². The third-order valence-corrected chi connectivity index (χ3v) is 6.76. The molecule has 2 aromatic rings. The maximum atomic E-state index is 13.4. The van der Waals surface area contributed by atoms with E-state index in [1.165, 1.54) is 38.2 Å². The fourth-order valence-corrected chi connectivity index (χ4v) is 4.86. The van der Waals surface area contributed by atoms with E-state index in [1.807, 2.05) is 0 Å². The average Bonchev–Trinajstić information content (AvgIpc) is 2.76. The van der Waals surface area contributed by atoms with Gasteiger partial charge in [-0.1, -0.05) is 37.3 Å². The molecule has 0 bridgehead atoms. The largest absolute Gasteiger partial charge is 0.403 e. The molecule has 0 aromatic carbocycles. The third-order valence-electron chi connectivity index (χ3n) is 6.76. The Bertz CT molecular complexity index is 1090. The number of nitrogens with zero attached hydrogens (tertiary/aromatic N) is 2. The van der Waals surface area contributed by atoms with Gasteiger partial charge in [0.1, 0.15) is 5.39 Å². The minimum absolute atomic E-state index is 0.0792. The molecule has 0 amide bonds. The van der Waals surface area contributed by atoms with Gasteiger partial charge in [-0.15, -0.1) is 0 Å². The van der Waals surface area contributed by atoms with Crippen molar-refractivity contribution in [2.45, 2.75) is 83.5 Å². The Morgan fingerprint density at radius 1 is 1.19 bits per heavy atom. The molecular weight excluding hydrogens is 420 g/mol. The van der Waals surface area contributed by atoms with E-state index in [-0.39, 0.29) is 17.1 Å². The van der Waals surface area contributed by atoms with E-state index >= 15 is 0 Å². The number of hydrogen-bond donors (Lipinski definition) is 1. The quantitative estimate of drug-likeness (QED) is 0.628. The van der Waals surface area contributed by atoms with Gasteiger partial charge in [-0.25, -0.2) is 13.6 Å². The molecular formula is C23H29F2N3O4. The van der Waals surface area contributed by atoms with Gasteiger partial charge in [-0.3, -0.25) is 9.78 Å². The lowest BCUT2D eigenvalue weighted by atomic mass is 9.84. The Morgan fingerprint density at radius 3 is 2.59 bits per heavy atom. The molecule has 2 heterocycles. The minimum atomic E-state index is -2.70. The van der Waals surface area contributed by atoms with Gasteiger partial charge in [0.05, 0.1) is 5.71 Å². The van der Waals surface area contributed by atoms with Crippen molar-refractivity contribution in [3.63, 3.8) is 0 Å². The Morgan fingerprint density at radius 2 is 1.91 bits per heavy atom. The second kappa shape index (κ2) is 9.50. The first-order valence-electron chi connectivity index (χ1n) is 11.5. The van der Waals surface area contributed by atoms with E-state index in [0.29, 0.717) is 49.3 Å². The van der Waals surface area contributed by atoms with E-state index in [9.17, 15) is 18.4 Å². The van der Waals surface area contributed by atoms with Crippen LogP contribution in [0.25, 0.3) is 11.1 Å². The molecule has 0 radical (unpaired) electrons. The van der Waals surface area contributed by atoms with Gasteiger partial charge in [-0.05, 0) is 56.9 Å². The molecule has 9 heteroatoms. The lowest BCUT2D eigenvalue weighted by molar-refractivity contribution is -0.0468. The summed E-state index contributed by atoms with van der Waals surface area (Å²) < 4.78 is 32.1. The maximum absolute atomic E-state index is 13.4. The van der Waals surface area contributed by atoms with Crippen LogP contribution in [-0.4, -0.2) is 21.6 Å². The third kappa shape index (κ3) is 5.42. The Kier molecular flexibility index (Phi) is 6.71. The number of rotatable bonds is 6. The second-order valence-corrected chi connectivity index (χ2v) is 9.16. The molecule has 4 rings (SSSR count). The number of alkyl halides is 2. The van der Waals surface area contributed by atoms with Crippen molar-refractivity contribution in [1.82, 2.24) is 9.97 Å². The first-order chi connectivity index (χ1) is 15.3. The molecule has 0 atom stereocenters. The Hall–Kier alpha value is -2.58. The number of aromatic amines is 1. The predicted molar refractivity (Wildman–Crippen MR) is 116 cm³/mol. The topological polar surface area (TPSA) is 97.5 Å². The number of nitrogens with one attached hydrogen (secondary N) is 1. The molecule has 174 valence electrons. The van der Waals surface area contributed by atoms with Crippen molar-refractivity contribution in [2.24, 2.45) is 17.0 Å². The van der Waals surface area contributed by atoms with Crippen LogP contribution < -0.4 is 16.0 Å². The molecule has 2 fully saturated rings. The molecule has 0 saturated heterocycles. The van der Waals surface area contributed by atoms with Crippen molar-refractivity contribution in [3.8, 4) is 6.01 Å². The number of aryl methyl sites for hydroxylation is 1. The zero-order valence-corrected chi connectivity index (χ0v) is 18.3. The van der Waals surface area contributed by atoms with Crippen molar-refractivity contribution in [2.75, 3.05) is 0 Å². The zero-order valence-electron chi connectivity index (χ0n) is 18.3. The summed E-state index contributed by atoms with van der Waals surface area (Å²) in [5.41, 5.74) is 0.167. The summed E-state index contributed by atoms with van der Waals surface area (Å²) in [6, 6.07) is 1.18. The van der Waals surface area contributed by atoms with Crippen molar-refractivity contribution < 1.29 is 18.0 Å². The molecule has 0 aliphatic heterocycles. The first kappa shape index (κ1) is 22.6. The standard InChI is InChI=1S/C23H29F2N3O4/c1-23(24,25)16-9-11-17(12-10-16)28-32-22-26-20(30)19-15(13-18(29)31-21(19)27-22)8-7-14-5-3-2-4-6-14/h13-14,16H,2-12H2,1H3,(H,26,27,30). The van der Waals surface area contributed by atoms with Gasteiger partial charge in [0, 0.05) is 12.0 Å². The summed E-state index contributed by atoms with van der Waals surface area (Å²) in [6.07, 6.45) is 9.08. The van der Waals surface area contributed by atoms with Crippen molar-refractivity contribution >= 4 is 16.8 Å². The number of halogens is 2. The van der Waals surface area contributed by atoms with Crippen LogP contribution in [0, 0.1) is 11.8 Å². The predicted octanol–water partition coefficient (Wildman–Crippen LogP) is 4.97. The lowest BCUT2D eigenvalue weighted by Gasteiger charge is -2.27. The van der Waals surface area contributed by atoms with Gasteiger partial charge in [0.15, 0.2) is 0 Å². The number of H-pyrrole nitrogens is 1. The van der Waals surface area contributed by atoms with Crippen LogP contribution in [-0.2, 0) is 6.42 Å². The van der Waals surface area contributed by atoms with Crippen LogP contribution in [0.5, 0.6) is 6.01 Å². The summed E-state index contributed by atoms with van der Waals surface area (Å²) >= 11 is 0. The van der Waals surface area contributed by atoms with Gasteiger partial charge < -0.3 is 9.25 Å². The Labute approximate surface area is 184 Å². The minimum Gasteiger partial charge on any atom is -0.403 e. The number of aromatic nitrogens is 2. The fraction of sp³-hybridized carbons (Fsp3) is 0.652. The monoisotopic (exact) mass is 449 g/mol.